The number of halogens is 2. The summed E-state index contributed by atoms with van der Waals surface area (Å²) in [5.74, 6) is -0.633. The first-order valence-corrected chi connectivity index (χ1v) is 9.08. The zero-order chi connectivity index (χ0) is 20.7. The quantitative estimate of drug-likeness (QED) is 0.744. The monoisotopic (exact) mass is 391 g/mol. The molecule has 0 radical (unpaired) electrons. The highest BCUT2D eigenvalue weighted by molar-refractivity contribution is 5.74. The largest absolute Gasteiger partial charge is 0.494 e. The molecular formula is C21H27F2N3O2. The van der Waals surface area contributed by atoms with Gasteiger partial charge in [-0.3, -0.25) is 0 Å². The third-order valence-electron chi connectivity index (χ3n) is 4.41. The molecule has 5 nitrogen and oxygen atoms in total. The van der Waals surface area contributed by atoms with Gasteiger partial charge < -0.3 is 19.9 Å². The van der Waals surface area contributed by atoms with Crippen molar-refractivity contribution in [2.75, 3.05) is 34.3 Å². The van der Waals surface area contributed by atoms with Gasteiger partial charge in [0.1, 0.15) is 5.82 Å². The molecule has 2 amide bonds. The van der Waals surface area contributed by atoms with Gasteiger partial charge in [0, 0.05) is 19.6 Å². The van der Waals surface area contributed by atoms with Gasteiger partial charge in [-0.25, -0.2) is 13.6 Å². The molecule has 0 aromatic heterocycles. The second-order valence-corrected chi connectivity index (χ2v) is 6.92. The Kier molecular flexibility index (Phi) is 7.75. The number of ether oxygens (including phenoxy) is 1. The number of hydrogen-bond donors (Lipinski definition) is 1. The van der Waals surface area contributed by atoms with E-state index in [1.165, 1.54) is 31.4 Å². The smallest absolute Gasteiger partial charge is 0.318 e. The lowest BCUT2D eigenvalue weighted by atomic mass is 10.1. The Balaban J connectivity index is 2.09. The summed E-state index contributed by atoms with van der Waals surface area (Å²) in [6.45, 7) is 3.32. The molecule has 2 aromatic rings. The Morgan fingerprint density at radius 1 is 1.11 bits per heavy atom. The number of nitrogens with one attached hydrogen (secondary N) is 1. The fourth-order valence-corrected chi connectivity index (χ4v) is 2.70. The summed E-state index contributed by atoms with van der Waals surface area (Å²) in [5.41, 5.74) is 1.47. The van der Waals surface area contributed by atoms with Crippen LogP contribution in [0.4, 0.5) is 13.6 Å². The molecule has 1 atom stereocenters. The normalized spacial score (nSPS) is 12.0. The second-order valence-electron chi connectivity index (χ2n) is 6.92. The van der Waals surface area contributed by atoms with Crippen molar-refractivity contribution in [1.29, 1.82) is 0 Å². The van der Waals surface area contributed by atoms with Crippen LogP contribution >= 0.6 is 0 Å². The molecule has 0 aliphatic carbocycles. The van der Waals surface area contributed by atoms with E-state index in [2.05, 4.69) is 5.32 Å². The topological polar surface area (TPSA) is 44.8 Å². The van der Waals surface area contributed by atoms with Gasteiger partial charge in [-0.05, 0) is 56.4 Å². The lowest BCUT2D eigenvalue weighted by Gasteiger charge is -2.27. The van der Waals surface area contributed by atoms with Crippen LogP contribution in [0.5, 0.6) is 5.75 Å². The van der Waals surface area contributed by atoms with Crippen molar-refractivity contribution in [3.05, 3.63) is 65.2 Å². The summed E-state index contributed by atoms with van der Waals surface area (Å²) in [6, 6.07) is 10.0. The summed E-state index contributed by atoms with van der Waals surface area (Å²) in [6.07, 6.45) is 0. The maximum absolute atomic E-state index is 14.0. The number of carbonyl (C=O) groups excluding carboxylic acids is 1. The molecule has 0 aliphatic heterocycles. The molecule has 7 heteroatoms. The van der Waals surface area contributed by atoms with Crippen molar-refractivity contribution in [2.24, 2.45) is 0 Å². The molecule has 0 saturated heterocycles. The number of amides is 2. The maximum Gasteiger partial charge on any atom is 0.318 e. The van der Waals surface area contributed by atoms with Crippen molar-refractivity contribution >= 4 is 6.03 Å². The van der Waals surface area contributed by atoms with E-state index in [0.29, 0.717) is 25.2 Å². The fourth-order valence-electron chi connectivity index (χ4n) is 2.70. The lowest BCUT2D eigenvalue weighted by molar-refractivity contribution is 0.185. The van der Waals surface area contributed by atoms with Gasteiger partial charge in [-0.1, -0.05) is 18.2 Å². The van der Waals surface area contributed by atoms with Crippen LogP contribution < -0.4 is 10.1 Å². The molecule has 1 N–H and O–H groups in total. The van der Waals surface area contributed by atoms with Crippen LogP contribution in [0.25, 0.3) is 0 Å². The van der Waals surface area contributed by atoms with Crippen LogP contribution in [0.1, 0.15) is 24.1 Å². The van der Waals surface area contributed by atoms with Crippen molar-refractivity contribution in [3.63, 3.8) is 0 Å². The van der Waals surface area contributed by atoms with Crippen LogP contribution in [-0.4, -0.2) is 50.1 Å². The van der Waals surface area contributed by atoms with Crippen LogP contribution in [0, 0.1) is 11.6 Å². The molecular weight excluding hydrogens is 364 g/mol. The van der Waals surface area contributed by atoms with E-state index in [1.54, 1.807) is 30.0 Å². The van der Waals surface area contributed by atoms with Crippen molar-refractivity contribution in [3.8, 4) is 5.75 Å². The zero-order valence-electron chi connectivity index (χ0n) is 16.7. The molecule has 152 valence electrons. The minimum absolute atomic E-state index is 0.159. The van der Waals surface area contributed by atoms with Crippen LogP contribution in [-0.2, 0) is 6.54 Å². The van der Waals surface area contributed by atoms with Crippen molar-refractivity contribution in [1.82, 2.24) is 15.1 Å². The summed E-state index contributed by atoms with van der Waals surface area (Å²) < 4.78 is 32.0. The number of rotatable bonds is 8. The van der Waals surface area contributed by atoms with Crippen LogP contribution in [0.15, 0.2) is 42.5 Å². The number of nitrogens with zero attached hydrogens (tertiary/aromatic N) is 2. The minimum Gasteiger partial charge on any atom is -0.494 e. The van der Waals surface area contributed by atoms with E-state index in [4.69, 9.17) is 4.74 Å². The number of carbonyl (C=O) groups is 1. The van der Waals surface area contributed by atoms with Crippen LogP contribution in [0.3, 0.4) is 0 Å². The van der Waals surface area contributed by atoms with Gasteiger partial charge in [0.2, 0.25) is 0 Å². The van der Waals surface area contributed by atoms with E-state index in [9.17, 15) is 13.6 Å². The molecule has 28 heavy (non-hydrogen) atoms. The highest BCUT2D eigenvalue weighted by atomic mass is 19.1. The first-order chi connectivity index (χ1) is 13.3. The Hall–Kier alpha value is -2.67. The second kappa shape index (κ2) is 10.0. The summed E-state index contributed by atoms with van der Waals surface area (Å²) in [7, 11) is 5.26. The van der Waals surface area contributed by atoms with E-state index in [-0.39, 0.29) is 23.6 Å². The third-order valence-corrected chi connectivity index (χ3v) is 4.41. The van der Waals surface area contributed by atoms with Crippen LogP contribution in [0.2, 0.25) is 0 Å². The fraction of sp³-hybridized carbons (Fsp3) is 0.381. The molecule has 0 heterocycles. The zero-order valence-corrected chi connectivity index (χ0v) is 16.7. The highest BCUT2D eigenvalue weighted by Crippen LogP contribution is 2.22. The highest BCUT2D eigenvalue weighted by Gasteiger charge is 2.18. The molecule has 0 aliphatic rings. The first-order valence-electron chi connectivity index (χ1n) is 9.08. The average molecular weight is 391 g/mol. The number of benzene rings is 2. The van der Waals surface area contributed by atoms with Gasteiger partial charge in [-0.15, -0.1) is 0 Å². The predicted molar refractivity (Wildman–Crippen MR) is 105 cm³/mol. The third kappa shape index (κ3) is 6.20. The summed E-state index contributed by atoms with van der Waals surface area (Å²) in [5, 5.41) is 2.90. The SMILES string of the molecule is COc1ccc([C@H](C)NC(=O)N(CCN(C)C)Cc2ccc(F)cc2)cc1F. The molecule has 0 unspecified atom stereocenters. The van der Waals surface area contributed by atoms with E-state index < -0.39 is 5.82 Å². The number of methoxy groups -OCH3 is 1. The maximum atomic E-state index is 14.0. The molecule has 2 aromatic carbocycles. The number of hydrogen-bond acceptors (Lipinski definition) is 3. The Morgan fingerprint density at radius 3 is 2.36 bits per heavy atom. The molecule has 0 bridgehead atoms. The van der Waals surface area contributed by atoms with Gasteiger partial charge in [0.25, 0.3) is 0 Å². The summed E-state index contributed by atoms with van der Waals surface area (Å²) >= 11 is 0. The predicted octanol–water partition coefficient (Wildman–Crippen LogP) is 3.81. The van der Waals surface area contributed by atoms with Gasteiger partial charge in [0.05, 0.1) is 13.2 Å². The lowest BCUT2D eigenvalue weighted by Crippen LogP contribution is -2.43. The molecule has 0 fully saturated rings. The minimum atomic E-state index is -0.475. The van der Waals surface area contributed by atoms with Crippen molar-refractivity contribution in [2.45, 2.75) is 19.5 Å². The average Bonchev–Trinajstić information content (AvgIpc) is 2.66. The van der Waals surface area contributed by atoms with E-state index in [0.717, 1.165) is 5.56 Å². The Morgan fingerprint density at radius 2 is 1.79 bits per heavy atom. The van der Waals surface area contributed by atoms with Gasteiger partial charge >= 0.3 is 6.03 Å². The summed E-state index contributed by atoms with van der Waals surface area (Å²) in [4.78, 5) is 16.5. The van der Waals surface area contributed by atoms with E-state index in [1.807, 2.05) is 19.0 Å². The molecule has 0 saturated carbocycles. The van der Waals surface area contributed by atoms with Gasteiger partial charge in [0.15, 0.2) is 11.6 Å². The first kappa shape index (κ1) is 21.6. The van der Waals surface area contributed by atoms with E-state index >= 15 is 0 Å². The standard InChI is InChI=1S/C21H27F2N3O2/c1-15(17-7-10-20(28-4)19(23)13-17)24-21(27)26(12-11-25(2)3)14-16-5-8-18(22)9-6-16/h5-10,13,15H,11-12,14H2,1-4H3,(H,24,27)/t15-/m0/s1. The number of urea groups is 1. The molecule has 0 spiro atoms. The van der Waals surface area contributed by atoms with Gasteiger partial charge in [-0.2, -0.15) is 0 Å². The molecule has 2 rings (SSSR count). The Bertz CT molecular complexity index is 782. The number of likely N-dealkylation sites (N-methyl/N-ethyl adjacent to an activating group) is 1. The Labute approximate surface area is 164 Å². The van der Waals surface area contributed by atoms with Crippen molar-refractivity contribution < 1.29 is 18.3 Å².